The molecule has 4 heteroatoms. The lowest BCUT2D eigenvalue weighted by molar-refractivity contribution is 0.273. The van der Waals surface area contributed by atoms with Gasteiger partial charge in [-0.3, -0.25) is 4.90 Å². The normalized spacial score (nSPS) is 11.3. The molecule has 2 N–H and O–H groups in total. The molecular formula is C16H21FN2O. The summed E-state index contributed by atoms with van der Waals surface area (Å²) >= 11 is 0. The number of hydrogen-bond acceptors (Lipinski definition) is 2. The number of nitrogens with one attached hydrogen (secondary N) is 1. The van der Waals surface area contributed by atoms with Crippen LogP contribution in [0.4, 0.5) is 4.39 Å². The number of aryl methyl sites for hydroxylation is 1. The SMILES string of the molecule is C=CCN(CCF)CCc1c(C)[nH]c2cccc(O)c12. The van der Waals surface area contributed by atoms with Gasteiger partial charge >= 0.3 is 0 Å². The van der Waals surface area contributed by atoms with Gasteiger partial charge in [0, 0.05) is 36.2 Å². The van der Waals surface area contributed by atoms with Gasteiger partial charge in [0.05, 0.1) is 0 Å². The van der Waals surface area contributed by atoms with Crippen molar-refractivity contribution in [2.45, 2.75) is 13.3 Å². The lowest BCUT2D eigenvalue weighted by atomic mass is 10.1. The molecule has 0 spiro atoms. The van der Waals surface area contributed by atoms with E-state index in [-0.39, 0.29) is 6.67 Å². The maximum Gasteiger partial charge on any atom is 0.125 e. The maximum atomic E-state index is 12.5. The summed E-state index contributed by atoms with van der Waals surface area (Å²) in [5.41, 5.74) is 3.10. The van der Waals surface area contributed by atoms with Crippen molar-refractivity contribution in [3.05, 3.63) is 42.1 Å². The number of aromatic hydroxyl groups is 1. The first-order valence-electron chi connectivity index (χ1n) is 6.85. The molecule has 1 heterocycles. The van der Waals surface area contributed by atoms with E-state index in [9.17, 15) is 9.50 Å². The van der Waals surface area contributed by atoms with Crippen LogP contribution in [0.5, 0.6) is 5.75 Å². The molecule has 2 rings (SSSR count). The standard InChI is InChI=1S/C16H21FN2O/c1-3-9-19(11-8-17)10-7-13-12(2)18-14-5-4-6-15(20)16(13)14/h3-6,18,20H,1,7-11H2,2H3. The smallest absolute Gasteiger partial charge is 0.125 e. The van der Waals surface area contributed by atoms with E-state index in [2.05, 4.69) is 11.6 Å². The number of rotatable bonds is 7. The van der Waals surface area contributed by atoms with E-state index in [0.29, 0.717) is 18.8 Å². The molecule has 2 aromatic rings. The van der Waals surface area contributed by atoms with Crippen LogP contribution in [0, 0.1) is 6.92 Å². The molecule has 0 radical (unpaired) electrons. The first-order chi connectivity index (χ1) is 9.67. The van der Waals surface area contributed by atoms with Crippen molar-refractivity contribution in [3.63, 3.8) is 0 Å². The van der Waals surface area contributed by atoms with Crippen LogP contribution >= 0.6 is 0 Å². The molecule has 0 fully saturated rings. The molecule has 3 nitrogen and oxygen atoms in total. The minimum atomic E-state index is -0.355. The van der Waals surface area contributed by atoms with Gasteiger partial charge in [-0.05, 0) is 31.0 Å². The lowest BCUT2D eigenvalue weighted by Crippen LogP contribution is -2.28. The summed E-state index contributed by atoms with van der Waals surface area (Å²) in [6, 6.07) is 5.47. The second kappa shape index (κ2) is 6.57. The molecule has 1 aromatic heterocycles. The van der Waals surface area contributed by atoms with Crippen molar-refractivity contribution in [2.75, 3.05) is 26.3 Å². The fourth-order valence-electron chi connectivity index (χ4n) is 2.61. The molecule has 0 bridgehead atoms. The molecule has 0 atom stereocenters. The van der Waals surface area contributed by atoms with E-state index in [4.69, 9.17) is 0 Å². The van der Waals surface area contributed by atoms with Gasteiger partial charge in [-0.2, -0.15) is 0 Å². The Morgan fingerprint density at radius 2 is 2.20 bits per heavy atom. The number of aromatic nitrogens is 1. The summed E-state index contributed by atoms with van der Waals surface area (Å²) in [7, 11) is 0. The van der Waals surface area contributed by atoms with E-state index in [0.717, 1.165) is 35.1 Å². The van der Waals surface area contributed by atoms with E-state index >= 15 is 0 Å². The van der Waals surface area contributed by atoms with Crippen LogP contribution in [0.1, 0.15) is 11.3 Å². The summed E-state index contributed by atoms with van der Waals surface area (Å²) in [4.78, 5) is 5.30. The third-order valence-corrected chi connectivity index (χ3v) is 3.59. The average molecular weight is 276 g/mol. The molecule has 0 aliphatic rings. The molecule has 0 saturated heterocycles. The zero-order chi connectivity index (χ0) is 14.5. The fourth-order valence-corrected chi connectivity index (χ4v) is 2.61. The number of phenols is 1. The Labute approximate surface area is 118 Å². The molecule has 1 aromatic carbocycles. The molecule has 0 unspecified atom stereocenters. The van der Waals surface area contributed by atoms with Gasteiger partial charge in [0.2, 0.25) is 0 Å². The highest BCUT2D eigenvalue weighted by Gasteiger charge is 2.13. The molecule has 20 heavy (non-hydrogen) atoms. The Balaban J connectivity index is 2.20. The van der Waals surface area contributed by atoms with E-state index in [1.807, 2.05) is 24.0 Å². The second-order valence-electron chi connectivity index (χ2n) is 4.96. The number of halogens is 1. The van der Waals surface area contributed by atoms with E-state index in [1.54, 1.807) is 12.1 Å². The predicted octanol–water partition coefficient (Wildman–Crippen LogP) is 3.18. The van der Waals surface area contributed by atoms with Crippen molar-refractivity contribution in [1.82, 2.24) is 9.88 Å². The highest BCUT2D eigenvalue weighted by atomic mass is 19.1. The van der Waals surface area contributed by atoms with Crippen molar-refractivity contribution in [3.8, 4) is 5.75 Å². The number of nitrogens with zero attached hydrogens (tertiary/aromatic N) is 1. The van der Waals surface area contributed by atoms with Crippen LogP contribution in [0.3, 0.4) is 0 Å². The van der Waals surface area contributed by atoms with E-state index in [1.165, 1.54) is 0 Å². The van der Waals surface area contributed by atoms with Gasteiger partial charge in [-0.25, -0.2) is 4.39 Å². The number of benzene rings is 1. The minimum absolute atomic E-state index is 0.294. The summed E-state index contributed by atoms with van der Waals surface area (Å²) in [5, 5.41) is 10.9. The van der Waals surface area contributed by atoms with Crippen LogP contribution in [0.2, 0.25) is 0 Å². The highest BCUT2D eigenvalue weighted by molar-refractivity contribution is 5.90. The second-order valence-corrected chi connectivity index (χ2v) is 4.96. The predicted molar refractivity (Wildman–Crippen MR) is 81.0 cm³/mol. The van der Waals surface area contributed by atoms with Gasteiger partial charge in [0.25, 0.3) is 0 Å². The van der Waals surface area contributed by atoms with Crippen LogP contribution in [0.25, 0.3) is 10.9 Å². The fraction of sp³-hybridized carbons (Fsp3) is 0.375. The Hall–Kier alpha value is -1.81. The van der Waals surface area contributed by atoms with Gasteiger partial charge in [-0.1, -0.05) is 12.1 Å². The van der Waals surface area contributed by atoms with Crippen LogP contribution in [-0.2, 0) is 6.42 Å². The zero-order valence-electron chi connectivity index (χ0n) is 11.8. The third kappa shape index (κ3) is 3.02. The van der Waals surface area contributed by atoms with Crippen LogP contribution in [-0.4, -0.2) is 41.3 Å². The van der Waals surface area contributed by atoms with Gasteiger partial charge in [0.1, 0.15) is 12.4 Å². The monoisotopic (exact) mass is 276 g/mol. The van der Waals surface area contributed by atoms with Crippen LogP contribution < -0.4 is 0 Å². The summed E-state index contributed by atoms with van der Waals surface area (Å²) in [5.74, 6) is 0.294. The van der Waals surface area contributed by atoms with Crippen molar-refractivity contribution in [1.29, 1.82) is 0 Å². The molecule has 0 saturated carbocycles. The number of H-pyrrole nitrogens is 1. The summed E-state index contributed by atoms with van der Waals surface area (Å²) < 4.78 is 12.5. The third-order valence-electron chi connectivity index (χ3n) is 3.59. The van der Waals surface area contributed by atoms with E-state index < -0.39 is 0 Å². The van der Waals surface area contributed by atoms with Crippen molar-refractivity contribution < 1.29 is 9.50 Å². The molecular weight excluding hydrogens is 255 g/mol. The number of phenolic OH excluding ortho intramolecular Hbond substituents is 1. The largest absolute Gasteiger partial charge is 0.507 e. The van der Waals surface area contributed by atoms with Gasteiger partial charge in [0.15, 0.2) is 0 Å². The number of aromatic amines is 1. The highest BCUT2D eigenvalue weighted by Crippen LogP contribution is 2.30. The van der Waals surface area contributed by atoms with Crippen LogP contribution in [0.15, 0.2) is 30.9 Å². The van der Waals surface area contributed by atoms with Crippen molar-refractivity contribution in [2.24, 2.45) is 0 Å². The zero-order valence-corrected chi connectivity index (χ0v) is 11.8. The molecule has 0 amide bonds. The number of alkyl halides is 1. The Kier molecular flexibility index (Phi) is 4.79. The molecule has 0 aliphatic heterocycles. The minimum Gasteiger partial charge on any atom is -0.507 e. The Morgan fingerprint density at radius 1 is 1.40 bits per heavy atom. The topological polar surface area (TPSA) is 39.3 Å². The molecule has 0 aliphatic carbocycles. The average Bonchev–Trinajstić information content (AvgIpc) is 2.74. The molecule has 108 valence electrons. The Morgan fingerprint density at radius 3 is 2.90 bits per heavy atom. The summed E-state index contributed by atoms with van der Waals surface area (Å²) in [6.07, 6.45) is 2.56. The first kappa shape index (κ1) is 14.6. The summed E-state index contributed by atoms with van der Waals surface area (Å²) in [6.45, 7) is 7.19. The Bertz CT molecular complexity index is 591. The quantitative estimate of drug-likeness (QED) is 0.762. The van der Waals surface area contributed by atoms with Crippen molar-refractivity contribution >= 4 is 10.9 Å². The van der Waals surface area contributed by atoms with Gasteiger partial charge in [-0.15, -0.1) is 6.58 Å². The number of hydrogen-bond donors (Lipinski definition) is 2. The van der Waals surface area contributed by atoms with Gasteiger partial charge < -0.3 is 10.1 Å². The lowest BCUT2D eigenvalue weighted by Gasteiger charge is -2.18. The first-order valence-corrected chi connectivity index (χ1v) is 6.85. The maximum absolute atomic E-state index is 12.5. The number of fused-ring (bicyclic) bond motifs is 1.